The van der Waals surface area contributed by atoms with Gasteiger partial charge in [0.15, 0.2) is 11.5 Å². The summed E-state index contributed by atoms with van der Waals surface area (Å²) in [6, 6.07) is 13.8. The van der Waals surface area contributed by atoms with Crippen LogP contribution in [0.15, 0.2) is 54.6 Å². The Morgan fingerprint density at radius 1 is 1.11 bits per heavy atom. The van der Waals surface area contributed by atoms with Crippen LogP contribution in [0.3, 0.4) is 0 Å². The third-order valence-electron chi connectivity index (χ3n) is 3.94. The molecule has 0 atom stereocenters. The van der Waals surface area contributed by atoms with Gasteiger partial charge in [0.05, 0.1) is 10.5 Å². The number of hydrogen-bond donors (Lipinski definition) is 0. The summed E-state index contributed by atoms with van der Waals surface area (Å²) < 4.78 is 21.2. The third-order valence-corrected chi connectivity index (χ3v) is 3.94. The Morgan fingerprint density at radius 3 is 2.67 bits per heavy atom. The van der Waals surface area contributed by atoms with Crippen LogP contribution in [0, 0.1) is 22.9 Å². The minimum Gasteiger partial charge on any atom is -0.438 e. The molecule has 2 heterocycles. The number of aryl methyl sites for hydroxylation is 1. The Labute approximate surface area is 152 Å². The third kappa shape index (κ3) is 3.06. The highest BCUT2D eigenvalue weighted by Crippen LogP contribution is 2.27. The molecule has 2 aromatic heterocycles. The molecule has 134 valence electrons. The molecule has 2 aromatic carbocycles. The zero-order chi connectivity index (χ0) is 19.0. The number of rotatable bonds is 4. The minimum atomic E-state index is -0.457. The molecule has 0 fully saturated rings. The molecule has 9 heteroatoms. The highest BCUT2D eigenvalue weighted by molar-refractivity contribution is 5.59. The van der Waals surface area contributed by atoms with Crippen molar-refractivity contribution in [1.82, 2.24) is 19.8 Å². The second-order valence-electron chi connectivity index (χ2n) is 5.75. The van der Waals surface area contributed by atoms with Gasteiger partial charge in [0.2, 0.25) is 5.88 Å². The molecule has 0 aliphatic heterocycles. The van der Waals surface area contributed by atoms with E-state index in [0.717, 1.165) is 0 Å². The number of aromatic nitrogens is 4. The van der Waals surface area contributed by atoms with E-state index >= 15 is 0 Å². The average molecular weight is 365 g/mol. The molecule has 27 heavy (non-hydrogen) atoms. The molecule has 0 bridgehead atoms. The van der Waals surface area contributed by atoms with E-state index in [0.29, 0.717) is 17.0 Å². The van der Waals surface area contributed by atoms with Crippen LogP contribution in [0.25, 0.3) is 17.0 Å². The van der Waals surface area contributed by atoms with Gasteiger partial charge in [0, 0.05) is 17.7 Å². The zero-order valence-electron chi connectivity index (χ0n) is 14.0. The average Bonchev–Trinajstić information content (AvgIpc) is 3.05. The first-order valence-electron chi connectivity index (χ1n) is 7.93. The van der Waals surface area contributed by atoms with Crippen LogP contribution in [0.1, 0.15) is 5.56 Å². The summed E-state index contributed by atoms with van der Waals surface area (Å²) in [6.07, 6.45) is 0. The molecule has 0 aliphatic rings. The van der Waals surface area contributed by atoms with Crippen molar-refractivity contribution in [3.8, 4) is 23.0 Å². The molecule has 4 rings (SSSR count). The number of halogens is 1. The molecule has 0 saturated heterocycles. The smallest absolute Gasteiger partial charge is 0.272 e. The van der Waals surface area contributed by atoms with Gasteiger partial charge in [-0.3, -0.25) is 10.1 Å². The molecular formula is C18H12FN5O3. The van der Waals surface area contributed by atoms with Crippen LogP contribution >= 0.6 is 0 Å². The van der Waals surface area contributed by atoms with E-state index in [4.69, 9.17) is 4.74 Å². The molecule has 4 aromatic rings. The van der Waals surface area contributed by atoms with Crippen molar-refractivity contribution in [2.45, 2.75) is 6.92 Å². The summed E-state index contributed by atoms with van der Waals surface area (Å²) in [4.78, 5) is 10.5. The van der Waals surface area contributed by atoms with Crippen LogP contribution in [0.5, 0.6) is 11.6 Å². The molecule has 0 radical (unpaired) electrons. The lowest BCUT2D eigenvalue weighted by molar-refractivity contribution is -0.385. The van der Waals surface area contributed by atoms with Crippen LogP contribution in [-0.2, 0) is 0 Å². The highest BCUT2D eigenvalue weighted by Gasteiger charge is 2.15. The van der Waals surface area contributed by atoms with Crippen molar-refractivity contribution in [1.29, 1.82) is 0 Å². The minimum absolute atomic E-state index is 0.00594. The van der Waals surface area contributed by atoms with Gasteiger partial charge in [-0.15, -0.1) is 15.3 Å². The van der Waals surface area contributed by atoms with E-state index in [-0.39, 0.29) is 23.0 Å². The lowest BCUT2D eigenvalue weighted by Crippen LogP contribution is -1.99. The molecule has 0 spiro atoms. The molecule has 0 saturated carbocycles. The van der Waals surface area contributed by atoms with Gasteiger partial charge in [-0.2, -0.15) is 4.52 Å². The van der Waals surface area contributed by atoms with Crippen molar-refractivity contribution in [3.63, 3.8) is 0 Å². The van der Waals surface area contributed by atoms with Crippen molar-refractivity contribution in [3.05, 3.63) is 76.1 Å². The predicted octanol–water partition coefficient (Wildman–Crippen LogP) is 3.94. The van der Waals surface area contributed by atoms with Crippen molar-refractivity contribution < 1.29 is 14.1 Å². The van der Waals surface area contributed by atoms with Gasteiger partial charge in [0.1, 0.15) is 11.6 Å². The summed E-state index contributed by atoms with van der Waals surface area (Å²) in [5.74, 6) is 0.415. The van der Waals surface area contributed by atoms with Gasteiger partial charge in [-0.05, 0) is 37.3 Å². The lowest BCUT2D eigenvalue weighted by atomic mass is 10.2. The van der Waals surface area contributed by atoms with E-state index < -0.39 is 10.7 Å². The first-order valence-corrected chi connectivity index (χ1v) is 7.93. The fraction of sp³-hybridized carbons (Fsp3) is 0.0556. The molecule has 0 unspecified atom stereocenters. The second kappa shape index (κ2) is 6.45. The zero-order valence-corrected chi connectivity index (χ0v) is 14.0. The summed E-state index contributed by atoms with van der Waals surface area (Å²) in [5.41, 5.74) is 1.17. The number of ether oxygens (including phenoxy) is 1. The quantitative estimate of drug-likeness (QED) is 0.401. The van der Waals surface area contributed by atoms with Crippen molar-refractivity contribution >= 4 is 11.3 Å². The Hall–Kier alpha value is -3.88. The second-order valence-corrected chi connectivity index (χ2v) is 5.75. The lowest BCUT2D eigenvalue weighted by Gasteiger charge is -2.07. The van der Waals surface area contributed by atoms with Crippen LogP contribution in [0.4, 0.5) is 10.1 Å². The normalized spacial score (nSPS) is 10.9. The van der Waals surface area contributed by atoms with Crippen molar-refractivity contribution in [2.24, 2.45) is 0 Å². The Kier molecular flexibility index (Phi) is 3.96. The number of fused-ring (bicyclic) bond motifs is 1. The van der Waals surface area contributed by atoms with E-state index in [1.807, 2.05) is 0 Å². The van der Waals surface area contributed by atoms with E-state index in [1.54, 1.807) is 43.3 Å². The standard InChI is InChI=1S/C18H12FN5O3/c1-11-10-12(6-7-15(11)24(25)26)27-17-9-8-16-20-21-18(23(16)22-17)13-4-2-3-5-14(13)19/h2-10H,1H3. The molecular weight excluding hydrogens is 353 g/mol. The van der Waals surface area contributed by atoms with Gasteiger partial charge < -0.3 is 4.74 Å². The number of nitro groups is 1. The fourth-order valence-corrected chi connectivity index (χ4v) is 2.65. The summed E-state index contributed by atoms with van der Waals surface area (Å²) in [7, 11) is 0. The van der Waals surface area contributed by atoms with Gasteiger partial charge in [-0.25, -0.2) is 4.39 Å². The SMILES string of the molecule is Cc1cc(Oc2ccc3nnc(-c4ccccc4F)n3n2)ccc1[N+](=O)[O-]. The predicted molar refractivity (Wildman–Crippen MR) is 94.1 cm³/mol. The van der Waals surface area contributed by atoms with Crippen LogP contribution in [-0.4, -0.2) is 24.7 Å². The first-order chi connectivity index (χ1) is 13.0. The Balaban J connectivity index is 1.72. The van der Waals surface area contributed by atoms with Crippen LogP contribution < -0.4 is 4.74 Å². The monoisotopic (exact) mass is 365 g/mol. The summed E-state index contributed by atoms with van der Waals surface area (Å²) in [6.45, 7) is 1.62. The Bertz CT molecular complexity index is 1170. The van der Waals surface area contributed by atoms with Gasteiger partial charge in [-0.1, -0.05) is 12.1 Å². The molecule has 0 aliphatic carbocycles. The fourth-order valence-electron chi connectivity index (χ4n) is 2.65. The number of hydrogen-bond acceptors (Lipinski definition) is 6. The van der Waals surface area contributed by atoms with Gasteiger partial charge in [0.25, 0.3) is 5.69 Å². The highest BCUT2D eigenvalue weighted by atomic mass is 19.1. The largest absolute Gasteiger partial charge is 0.438 e. The molecule has 0 amide bonds. The molecule has 0 N–H and O–H groups in total. The number of nitro benzene ring substituents is 1. The number of nitrogens with zero attached hydrogens (tertiary/aromatic N) is 5. The molecule has 8 nitrogen and oxygen atoms in total. The van der Waals surface area contributed by atoms with E-state index in [1.165, 1.54) is 22.7 Å². The summed E-state index contributed by atoms with van der Waals surface area (Å²) in [5, 5.41) is 23.2. The first kappa shape index (κ1) is 16.6. The topological polar surface area (TPSA) is 95.5 Å². The van der Waals surface area contributed by atoms with Crippen LogP contribution in [0.2, 0.25) is 0 Å². The Morgan fingerprint density at radius 2 is 1.93 bits per heavy atom. The van der Waals surface area contributed by atoms with Gasteiger partial charge >= 0.3 is 0 Å². The number of benzene rings is 2. The van der Waals surface area contributed by atoms with E-state index in [2.05, 4.69) is 15.3 Å². The maximum Gasteiger partial charge on any atom is 0.272 e. The maximum absolute atomic E-state index is 14.1. The van der Waals surface area contributed by atoms with E-state index in [9.17, 15) is 14.5 Å². The van der Waals surface area contributed by atoms with Crippen molar-refractivity contribution in [2.75, 3.05) is 0 Å². The summed E-state index contributed by atoms with van der Waals surface area (Å²) >= 11 is 0. The maximum atomic E-state index is 14.1.